The van der Waals surface area contributed by atoms with Crippen LogP contribution in [0.4, 0.5) is 0 Å². The molecule has 0 aliphatic heterocycles. The molecule has 0 aromatic heterocycles. The highest BCUT2D eigenvalue weighted by Gasteiger charge is 2.05. The van der Waals surface area contributed by atoms with Gasteiger partial charge in [0.1, 0.15) is 0 Å². The van der Waals surface area contributed by atoms with Crippen LogP contribution >= 0.6 is 0 Å². The Kier molecular flexibility index (Phi) is 10.8. The van der Waals surface area contributed by atoms with Crippen molar-refractivity contribution in [3.05, 3.63) is 0 Å². The normalized spacial score (nSPS) is 13.8. The molecule has 1 atom stereocenters. The van der Waals surface area contributed by atoms with Crippen molar-refractivity contribution < 1.29 is 0 Å². The number of guanidine groups is 1. The van der Waals surface area contributed by atoms with Crippen LogP contribution in [0.15, 0.2) is 4.99 Å². The van der Waals surface area contributed by atoms with Crippen molar-refractivity contribution in [3.8, 4) is 0 Å². The van der Waals surface area contributed by atoms with Crippen LogP contribution in [-0.4, -0.2) is 50.1 Å². The van der Waals surface area contributed by atoms with Crippen LogP contribution in [0.3, 0.4) is 0 Å². The van der Waals surface area contributed by atoms with E-state index >= 15 is 0 Å². The van der Waals surface area contributed by atoms with Crippen LogP contribution in [0.5, 0.6) is 0 Å². The largest absolute Gasteiger partial charge is 0.356 e. The van der Waals surface area contributed by atoms with E-state index in [0.717, 1.165) is 32.0 Å². The van der Waals surface area contributed by atoms with Crippen LogP contribution < -0.4 is 10.6 Å². The van der Waals surface area contributed by atoms with Gasteiger partial charge in [-0.15, -0.1) is 0 Å². The molecule has 0 saturated carbocycles. The molecule has 0 aliphatic carbocycles. The van der Waals surface area contributed by atoms with E-state index in [9.17, 15) is 0 Å². The first-order chi connectivity index (χ1) is 8.67. The standard InChI is InChI=1S/C14H32N4/c1-6-11-16-14(15-5)17-13(4)10-9-12-18(7-2)8-3/h13H,6-12H2,1-5H3,(H2,15,16,17). The molecule has 2 N–H and O–H groups in total. The molecule has 18 heavy (non-hydrogen) atoms. The summed E-state index contributed by atoms with van der Waals surface area (Å²) in [6.45, 7) is 13.3. The molecule has 0 amide bonds. The fraction of sp³-hybridized carbons (Fsp3) is 0.929. The van der Waals surface area contributed by atoms with Gasteiger partial charge in [-0.05, 0) is 45.8 Å². The minimum atomic E-state index is 0.476. The highest BCUT2D eigenvalue weighted by Crippen LogP contribution is 1.99. The predicted octanol–water partition coefficient (Wildman–Crippen LogP) is 2.07. The summed E-state index contributed by atoms with van der Waals surface area (Å²) in [5, 5.41) is 6.73. The van der Waals surface area contributed by atoms with E-state index in [1.807, 2.05) is 7.05 Å². The van der Waals surface area contributed by atoms with Crippen molar-refractivity contribution >= 4 is 5.96 Å². The Balaban J connectivity index is 3.78. The number of rotatable bonds is 9. The van der Waals surface area contributed by atoms with E-state index < -0.39 is 0 Å². The molecule has 108 valence electrons. The third-order valence-electron chi connectivity index (χ3n) is 3.16. The van der Waals surface area contributed by atoms with Crippen LogP contribution in [0.1, 0.15) is 47.0 Å². The lowest BCUT2D eigenvalue weighted by Gasteiger charge is -2.21. The average Bonchev–Trinajstić information content (AvgIpc) is 2.39. The van der Waals surface area contributed by atoms with Crippen molar-refractivity contribution in [1.29, 1.82) is 0 Å². The highest BCUT2D eigenvalue weighted by atomic mass is 15.2. The summed E-state index contributed by atoms with van der Waals surface area (Å²) in [6.07, 6.45) is 3.54. The third kappa shape index (κ3) is 8.34. The number of hydrogen-bond donors (Lipinski definition) is 2. The molecular weight excluding hydrogens is 224 g/mol. The van der Waals surface area contributed by atoms with Crippen LogP contribution in [0, 0.1) is 0 Å². The molecule has 0 aromatic rings. The number of nitrogens with one attached hydrogen (secondary N) is 2. The molecule has 0 spiro atoms. The fourth-order valence-electron chi connectivity index (χ4n) is 1.90. The molecule has 0 saturated heterocycles. The van der Waals surface area contributed by atoms with Gasteiger partial charge < -0.3 is 15.5 Å². The van der Waals surface area contributed by atoms with Crippen LogP contribution in [0.2, 0.25) is 0 Å². The van der Waals surface area contributed by atoms with Crippen molar-refractivity contribution in [2.45, 2.75) is 53.0 Å². The van der Waals surface area contributed by atoms with Gasteiger partial charge in [-0.3, -0.25) is 4.99 Å². The average molecular weight is 256 g/mol. The zero-order valence-corrected chi connectivity index (χ0v) is 12.9. The molecule has 1 unspecified atom stereocenters. The Morgan fingerprint density at radius 2 is 1.89 bits per heavy atom. The topological polar surface area (TPSA) is 39.7 Å². The summed E-state index contributed by atoms with van der Waals surface area (Å²) in [4.78, 5) is 6.69. The summed E-state index contributed by atoms with van der Waals surface area (Å²) in [6, 6.07) is 0.476. The van der Waals surface area contributed by atoms with Crippen molar-refractivity contribution in [3.63, 3.8) is 0 Å². The second-order valence-corrected chi connectivity index (χ2v) is 4.71. The number of aliphatic imine (C=N–C) groups is 1. The van der Waals surface area contributed by atoms with E-state index in [-0.39, 0.29) is 0 Å². The van der Waals surface area contributed by atoms with Crippen LogP contribution in [0.25, 0.3) is 0 Å². The number of nitrogens with zero attached hydrogens (tertiary/aromatic N) is 2. The Bertz CT molecular complexity index is 212. The van der Waals surface area contributed by atoms with Gasteiger partial charge in [-0.2, -0.15) is 0 Å². The predicted molar refractivity (Wildman–Crippen MR) is 81.3 cm³/mol. The SMILES string of the molecule is CCCNC(=NC)NC(C)CCCN(CC)CC. The monoisotopic (exact) mass is 256 g/mol. The van der Waals surface area contributed by atoms with Crippen molar-refractivity contribution in [2.24, 2.45) is 4.99 Å². The Hall–Kier alpha value is -0.770. The quantitative estimate of drug-likeness (QED) is 0.490. The molecule has 4 nitrogen and oxygen atoms in total. The van der Waals surface area contributed by atoms with Gasteiger partial charge in [0.05, 0.1) is 0 Å². The highest BCUT2D eigenvalue weighted by molar-refractivity contribution is 5.79. The zero-order valence-electron chi connectivity index (χ0n) is 12.9. The third-order valence-corrected chi connectivity index (χ3v) is 3.16. The molecular formula is C14H32N4. The first-order valence-electron chi connectivity index (χ1n) is 7.37. The van der Waals surface area contributed by atoms with Crippen molar-refractivity contribution in [2.75, 3.05) is 33.2 Å². The molecule has 0 aromatic carbocycles. The second-order valence-electron chi connectivity index (χ2n) is 4.71. The van der Waals surface area contributed by atoms with E-state index in [2.05, 4.69) is 48.2 Å². The van der Waals surface area contributed by atoms with Gasteiger partial charge >= 0.3 is 0 Å². The molecule has 0 bridgehead atoms. The molecule has 4 heteroatoms. The number of hydrogen-bond acceptors (Lipinski definition) is 2. The molecule has 0 radical (unpaired) electrons. The lowest BCUT2D eigenvalue weighted by Crippen LogP contribution is -2.42. The Morgan fingerprint density at radius 1 is 1.22 bits per heavy atom. The summed E-state index contributed by atoms with van der Waals surface area (Å²) in [7, 11) is 1.83. The lowest BCUT2D eigenvalue weighted by atomic mass is 10.2. The molecule has 0 heterocycles. The van der Waals surface area contributed by atoms with Crippen LogP contribution in [-0.2, 0) is 0 Å². The van der Waals surface area contributed by atoms with E-state index in [1.165, 1.54) is 19.4 Å². The molecule has 0 rings (SSSR count). The Morgan fingerprint density at radius 3 is 2.39 bits per heavy atom. The van der Waals surface area contributed by atoms with Gasteiger partial charge in [-0.25, -0.2) is 0 Å². The van der Waals surface area contributed by atoms with E-state index in [0.29, 0.717) is 6.04 Å². The summed E-state index contributed by atoms with van der Waals surface area (Å²) in [5.74, 6) is 0.923. The minimum absolute atomic E-state index is 0.476. The maximum Gasteiger partial charge on any atom is 0.191 e. The summed E-state index contributed by atoms with van der Waals surface area (Å²) >= 11 is 0. The smallest absolute Gasteiger partial charge is 0.191 e. The minimum Gasteiger partial charge on any atom is -0.356 e. The van der Waals surface area contributed by atoms with E-state index in [4.69, 9.17) is 0 Å². The van der Waals surface area contributed by atoms with Gasteiger partial charge in [0.25, 0.3) is 0 Å². The maximum atomic E-state index is 4.23. The second kappa shape index (κ2) is 11.3. The molecule has 0 aliphatic rings. The van der Waals surface area contributed by atoms with Gasteiger partial charge in [-0.1, -0.05) is 20.8 Å². The molecule has 0 fully saturated rings. The zero-order chi connectivity index (χ0) is 13.8. The summed E-state index contributed by atoms with van der Waals surface area (Å²) in [5.41, 5.74) is 0. The first-order valence-corrected chi connectivity index (χ1v) is 7.37. The Labute approximate surface area is 113 Å². The van der Waals surface area contributed by atoms with Gasteiger partial charge in [0, 0.05) is 19.6 Å². The fourth-order valence-corrected chi connectivity index (χ4v) is 1.90. The first kappa shape index (κ1) is 17.2. The lowest BCUT2D eigenvalue weighted by molar-refractivity contribution is 0.292. The van der Waals surface area contributed by atoms with Crippen molar-refractivity contribution in [1.82, 2.24) is 15.5 Å². The summed E-state index contributed by atoms with van der Waals surface area (Å²) < 4.78 is 0. The van der Waals surface area contributed by atoms with Gasteiger partial charge in [0.2, 0.25) is 0 Å². The van der Waals surface area contributed by atoms with E-state index in [1.54, 1.807) is 0 Å². The maximum absolute atomic E-state index is 4.23. The van der Waals surface area contributed by atoms with Gasteiger partial charge in [0.15, 0.2) is 5.96 Å².